The van der Waals surface area contributed by atoms with Gasteiger partial charge in [-0.25, -0.2) is 0 Å². The van der Waals surface area contributed by atoms with Gasteiger partial charge in [-0.05, 0) is 12.8 Å². The van der Waals surface area contributed by atoms with E-state index in [4.69, 9.17) is 5.11 Å². The summed E-state index contributed by atoms with van der Waals surface area (Å²) in [4.78, 5) is 21.8. The first-order valence-electron chi connectivity index (χ1n) is 10.5. The number of allylic oxidation sites excluding steroid dienone is 1. The molecular formula is C21H39NO4S. The van der Waals surface area contributed by atoms with Gasteiger partial charge in [-0.3, -0.25) is 9.59 Å². The van der Waals surface area contributed by atoms with E-state index in [9.17, 15) is 14.7 Å². The summed E-state index contributed by atoms with van der Waals surface area (Å²) < 4.78 is 0. The zero-order chi connectivity index (χ0) is 20.2. The number of carboxylic acid groups (broad SMARTS) is 1. The van der Waals surface area contributed by atoms with Crippen LogP contribution in [0.4, 0.5) is 0 Å². The molecule has 0 heterocycles. The van der Waals surface area contributed by atoms with Crippen LogP contribution in [0.1, 0.15) is 84.0 Å². The number of thioether (sulfide) groups is 1. The van der Waals surface area contributed by atoms with Crippen LogP contribution in [-0.4, -0.2) is 46.2 Å². The van der Waals surface area contributed by atoms with Crippen LogP contribution in [0.5, 0.6) is 0 Å². The first-order valence-corrected chi connectivity index (χ1v) is 11.5. The molecule has 0 aromatic carbocycles. The molecule has 0 spiro atoms. The maximum atomic E-state index is 11.4. The molecule has 27 heavy (non-hydrogen) atoms. The fraction of sp³-hybridized carbons (Fsp3) is 0.810. The fourth-order valence-electron chi connectivity index (χ4n) is 2.73. The molecule has 158 valence electrons. The van der Waals surface area contributed by atoms with Gasteiger partial charge in [0.05, 0.1) is 6.61 Å². The average Bonchev–Trinajstić information content (AvgIpc) is 2.65. The van der Waals surface area contributed by atoms with E-state index >= 15 is 0 Å². The van der Waals surface area contributed by atoms with E-state index < -0.39 is 5.97 Å². The van der Waals surface area contributed by atoms with Crippen molar-refractivity contribution in [3.05, 3.63) is 12.2 Å². The number of hydrogen-bond donors (Lipinski definition) is 3. The van der Waals surface area contributed by atoms with Crippen LogP contribution in [-0.2, 0) is 9.59 Å². The minimum absolute atomic E-state index is 0.000365. The number of nitrogens with one attached hydrogen (secondary N) is 1. The van der Waals surface area contributed by atoms with E-state index in [1.165, 1.54) is 76.0 Å². The molecule has 0 radical (unpaired) electrons. The number of unbranched alkanes of at least 4 members (excludes halogenated alkanes) is 10. The third-order valence-electron chi connectivity index (χ3n) is 4.35. The van der Waals surface area contributed by atoms with E-state index in [0.29, 0.717) is 5.75 Å². The summed E-state index contributed by atoms with van der Waals surface area (Å²) in [5.74, 6) is -0.741. The molecule has 0 aliphatic heterocycles. The molecule has 0 aromatic rings. The second-order valence-corrected chi connectivity index (χ2v) is 8.26. The first kappa shape index (κ1) is 26.0. The molecule has 0 rings (SSSR count). The number of aliphatic hydroxyl groups excluding tert-OH is 1. The fourth-order valence-corrected chi connectivity index (χ4v) is 3.67. The third-order valence-corrected chi connectivity index (χ3v) is 5.53. The van der Waals surface area contributed by atoms with Gasteiger partial charge in [0.15, 0.2) is 0 Å². The Labute approximate surface area is 169 Å². The number of carbonyl (C=O) groups is 2. The van der Waals surface area contributed by atoms with Crippen molar-refractivity contribution in [1.29, 1.82) is 0 Å². The molecule has 0 bridgehead atoms. The van der Waals surface area contributed by atoms with Crippen molar-refractivity contribution in [3.8, 4) is 0 Å². The molecule has 0 aliphatic rings. The number of aliphatic carboxylic acids is 1. The Hall–Kier alpha value is -1.01. The largest absolute Gasteiger partial charge is 0.480 e. The van der Waals surface area contributed by atoms with E-state index in [2.05, 4.69) is 18.3 Å². The number of amides is 1. The molecule has 0 saturated heterocycles. The van der Waals surface area contributed by atoms with Crippen molar-refractivity contribution in [2.45, 2.75) is 89.2 Å². The Morgan fingerprint density at radius 3 is 2.15 bits per heavy atom. The minimum Gasteiger partial charge on any atom is -0.480 e. The summed E-state index contributed by atoms with van der Waals surface area (Å²) in [6.45, 7) is 1.96. The number of hydrogen-bond acceptors (Lipinski definition) is 4. The van der Waals surface area contributed by atoms with Gasteiger partial charge in [0.2, 0.25) is 5.91 Å². The lowest BCUT2D eigenvalue weighted by atomic mass is 10.1. The predicted molar refractivity (Wildman–Crippen MR) is 114 cm³/mol. The van der Waals surface area contributed by atoms with Crippen molar-refractivity contribution in [2.24, 2.45) is 0 Å². The topological polar surface area (TPSA) is 86.6 Å². The van der Waals surface area contributed by atoms with Gasteiger partial charge < -0.3 is 15.5 Å². The molecular weight excluding hydrogens is 362 g/mol. The van der Waals surface area contributed by atoms with Gasteiger partial charge in [0.25, 0.3) is 0 Å². The zero-order valence-corrected chi connectivity index (χ0v) is 17.8. The first-order chi connectivity index (χ1) is 13.1. The predicted octanol–water partition coefficient (Wildman–Crippen LogP) is 4.54. The van der Waals surface area contributed by atoms with Crippen molar-refractivity contribution in [1.82, 2.24) is 5.32 Å². The molecule has 0 aromatic heterocycles. The highest BCUT2D eigenvalue weighted by molar-refractivity contribution is 8.00. The maximum Gasteiger partial charge on any atom is 0.322 e. The summed E-state index contributed by atoms with van der Waals surface area (Å²) in [6.07, 6.45) is 18.8. The molecule has 0 fully saturated rings. The van der Waals surface area contributed by atoms with Crippen molar-refractivity contribution in [3.63, 3.8) is 0 Å². The number of carbonyl (C=O) groups excluding carboxylic acids is 1. The van der Waals surface area contributed by atoms with Gasteiger partial charge in [0.1, 0.15) is 6.54 Å². The van der Waals surface area contributed by atoms with E-state index in [1.54, 1.807) is 0 Å². The van der Waals surface area contributed by atoms with Gasteiger partial charge in [-0.2, -0.15) is 11.8 Å². The second-order valence-electron chi connectivity index (χ2n) is 6.91. The molecule has 5 nitrogen and oxygen atoms in total. The summed E-state index contributed by atoms with van der Waals surface area (Å²) in [5, 5.41) is 20.2. The highest BCUT2D eigenvalue weighted by Gasteiger charge is 2.07. The SMILES string of the molecule is CCCCCCCCCCCC/C=C\C(CO)SCCC(=O)NCC(=O)O. The molecule has 3 N–H and O–H groups in total. The van der Waals surface area contributed by atoms with E-state index in [0.717, 1.165) is 6.42 Å². The van der Waals surface area contributed by atoms with Crippen LogP contribution in [0.15, 0.2) is 12.2 Å². The minimum atomic E-state index is -1.04. The van der Waals surface area contributed by atoms with E-state index in [-0.39, 0.29) is 30.7 Å². The van der Waals surface area contributed by atoms with Crippen LogP contribution < -0.4 is 5.32 Å². The Morgan fingerprint density at radius 1 is 1.00 bits per heavy atom. The van der Waals surface area contributed by atoms with E-state index in [1.807, 2.05) is 6.08 Å². The molecule has 6 heteroatoms. The Morgan fingerprint density at radius 2 is 1.59 bits per heavy atom. The highest BCUT2D eigenvalue weighted by atomic mass is 32.2. The summed E-state index contributed by atoms with van der Waals surface area (Å²) >= 11 is 1.52. The lowest BCUT2D eigenvalue weighted by Crippen LogP contribution is -2.29. The van der Waals surface area contributed by atoms with Gasteiger partial charge >= 0.3 is 5.97 Å². The third kappa shape index (κ3) is 19.6. The monoisotopic (exact) mass is 401 g/mol. The Bertz CT molecular complexity index is 402. The quantitative estimate of drug-likeness (QED) is 0.218. The number of rotatable bonds is 19. The Balaban J connectivity index is 3.55. The molecule has 0 aliphatic carbocycles. The van der Waals surface area contributed by atoms with Crippen molar-refractivity contribution >= 4 is 23.6 Å². The smallest absolute Gasteiger partial charge is 0.322 e. The molecule has 1 unspecified atom stereocenters. The van der Waals surface area contributed by atoms with Gasteiger partial charge in [0, 0.05) is 17.4 Å². The normalized spacial score (nSPS) is 12.4. The second kappa shape index (κ2) is 19.7. The standard InChI is InChI=1S/C21H39NO4S/c1-2-3-4-5-6-7-8-9-10-11-12-13-14-19(18-23)27-16-15-20(24)22-17-21(25)26/h13-14,19,23H,2-12,15-18H2,1H3,(H,22,24)(H,25,26)/b14-13-. The number of aliphatic hydroxyl groups is 1. The van der Waals surface area contributed by atoms with Crippen LogP contribution in [0, 0.1) is 0 Å². The summed E-state index contributed by atoms with van der Waals surface area (Å²) in [5.41, 5.74) is 0. The summed E-state index contributed by atoms with van der Waals surface area (Å²) in [7, 11) is 0. The number of carboxylic acids is 1. The molecule has 1 atom stereocenters. The zero-order valence-electron chi connectivity index (χ0n) is 17.0. The van der Waals surface area contributed by atoms with Crippen LogP contribution in [0.25, 0.3) is 0 Å². The average molecular weight is 402 g/mol. The highest BCUT2D eigenvalue weighted by Crippen LogP contribution is 2.15. The van der Waals surface area contributed by atoms with Crippen LogP contribution >= 0.6 is 11.8 Å². The molecule has 0 saturated carbocycles. The molecule has 1 amide bonds. The van der Waals surface area contributed by atoms with Gasteiger partial charge in [-0.15, -0.1) is 0 Å². The lowest BCUT2D eigenvalue weighted by molar-refractivity contribution is -0.137. The van der Waals surface area contributed by atoms with Crippen LogP contribution in [0.2, 0.25) is 0 Å². The van der Waals surface area contributed by atoms with Crippen LogP contribution in [0.3, 0.4) is 0 Å². The van der Waals surface area contributed by atoms with Crippen molar-refractivity contribution in [2.75, 3.05) is 18.9 Å². The van der Waals surface area contributed by atoms with Gasteiger partial charge in [-0.1, -0.05) is 76.9 Å². The lowest BCUT2D eigenvalue weighted by Gasteiger charge is -2.09. The summed E-state index contributed by atoms with van der Waals surface area (Å²) in [6, 6.07) is 0. The Kier molecular flexibility index (Phi) is 19.0. The maximum absolute atomic E-state index is 11.4. The van der Waals surface area contributed by atoms with Crippen molar-refractivity contribution < 1.29 is 19.8 Å².